The van der Waals surface area contributed by atoms with E-state index in [2.05, 4.69) is 0 Å². The quantitative estimate of drug-likeness (QED) is 0.491. The van der Waals surface area contributed by atoms with Crippen LogP contribution in [0.4, 0.5) is 13.2 Å². The minimum atomic E-state index is -5.96. The van der Waals surface area contributed by atoms with Crippen LogP contribution < -0.4 is 0 Å². The maximum absolute atomic E-state index is 13.4. The molecule has 0 aliphatic heterocycles. The van der Waals surface area contributed by atoms with E-state index in [1.54, 1.807) is 84.9 Å². The number of benzene rings is 3. The fourth-order valence-corrected chi connectivity index (χ4v) is 7.99. The Labute approximate surface area is 174 Å². The van der Waals surface area contributed by atoms with E-state index in [0.29, 0.717) is 5.56 Å². The van der Waals surface area contributed by atoms with Crippen molar-refractivity contribution in [3.8, 4) is 0 Å². The van der Waals surface area contributed by atoms with E-state index in [1.807, 2.05) is 0 Å². The number of aliphatic hydroxyl groups is 1. The molecule has 160 valence electrons. The van der Waals surface area contributed by atoms with Gasteiger partial charge < -0.3 is 5.11 Å². The van der Waals surface area contributed by atoms with Crippen LogP contribution in [0, 0.1) is 0 Å². The fraction of sp³-hybridized carbons (Fsp3) is 0.143. The van der Waals surface area contributed by atoms with Gasteiger partial charge in [-0.2, -0.15) is 25.2 Å². The van der Waals surface area contributed by atoms with Crippen LogP contribution >= 0.6 is 10.3 Å². The van der Waals surface area contributed by atoms with Crippen molar-refractivity contribution in [1.29, 1.82) is 0 Å². The molecule has 0 unspecified atom stereocenters. The van der Waals surface area contributed by atoms with E-state index in [4.69, 9.17) is 3.63 Å². The minimum absolute atomic E-state index is 0.125. The highest BCUT2D eigenvalue weighted by atomic mass is 32.3. The Bertz CT molecular complexity index is 1050. The number of alkyl halides is 3. The fourth-order valence-electron chi connectivity index (χ4n) is 3.01. The first-order chi connectivity index (χ1) is 14.2. The molecule has 3 aromatic carbocycles. The van der Waals surface area contributed by atoms with Gasteiger partial charge in [0.1, 0.15) is 0 Å². The molecule has 0 saturated heterocycles. The van der Waals surface area contributed by atoms with Gasteiger partial charge in [-0.05, 0) is 52.6 Å². The van der Waals surface area contributed by atoms with Crippen molar-refractivity contribution < 1.29 is 30.3 Å². The van der Waals surface area contributed by atoms with Gasteiger partial charge >= 0.3 is 15.6 Å². The highest BCUT2D eigenvalue weighted by Gasteiger charge is 2.52. The summed E-state index contributed by atoms with van der Waals surface area (Å²) < 4.78 is 70.0. The molecule has 9 heteroatoms. The molecule has 0 aliphatic carbocycles. The summed E-state index contributed by atoms with van der Waals surface area (Å²) in [6.45, 7) is -0.262. The van der Waals surface area contributed by atoms with Crippen LogP contribution in [0.3, 0.4) is 0 Å². The van der Waals surface area contributed by atoms with Gasteiger partial charge in [0, 0.05) is 21.3 Å². The number of aliphatic hydroxyl groups excluding tert-OH is 1. The van der Waals surface area contributed by atoms with Crippen molar-refractivity contribution in [3.05, 3.63) is 90.5 Å². The molecule has 4 nitrogen and oxygen atoms in total. The van der Waals surface area contributed by atoms with Crippen LogP contribution in [-0.2, 0) is 20.2 Å². The van der Waals surface area contributed by atoms with Crippen molar-refractivity contribution in [2.75, 3.05) is 6.61 Å². The summed E-state index contributed by atoms with van der Waals surface area (Å²) in [4.78, 5) is 0.855. The van der Waals surface area contributed by atoms with Gasteiger partial charge in [-0.25, -0.2) is 0 Å². The highest BCUT2D eigenvalue weighted by molar-refractivity contribution is 8.33. The van der Waals surface area contributed by atoms with Gasteiger partial charge in [0.2, 0.25) is 0 Å². The van der Waals surface area contributed by atoms with Crippen LogP contribution in [0.25, 0.3) is 0 Å². The topological polar surface area (TPSA) is 63.6 Å². The lowest BCUT2D eigenvalue weighted by Crippen LogP contribution is -2.27. The second kappa shape index (κ2) is 8.81. The number of halogens is 3. The average Bonchev–Trinajstić information content (AvgIpc) is 2.73. The highest BCUT2D eigenvalue weighted by Crippen LogP contribution is 2.71. The predicted octanol–water partition coefficient (Wildman–Crippen LogP) is 5.28. The van der Waals surface area contributed by atoms with Crippen LogP contribution in [0.5, 0.6) is 0 Å². The summed E-state index contributed by atoms with van der Waals surface area (Å²) in [6, 6.07) is 22.4. The van der Waals surface area contributed by atoms with Crippen molar-refractivity contribution in [2.24, 2.45) is 0 Å². The molecule has 0 aliphatic rings. The summed E-state index contributed by atoms with van der Waals surface area (Å²) in [6.07, 6.45) is 0.125. The third-order valence-electron chi connectivity index (χ3n) is 4.29. The molecule has 0 amide bonds. The zero-order valence-corrected chi connectivity index (χ0v) is 17.3. The van der Waals surface area contributed by atoms with Crippen LogP contribution in [0.1, 0.15) is 5.56 Å². The molecule has 0 aromatic heterocycles. The standard InChI is InChI=1S/C21H19F3O4S2/c22-21(23,24)30(26,27)28-29(18-10-3-1-4-11-18,19-12-5-2-6-13-19)20-14-8-7-9-17(20)15-16-25/h1-14,25H,15-16H2. The van der Waals surface area contributed by atoms with Crippen molar-refractivity contribution in [2.45, 2.75) is 26.6 Å². The lowest BCUT2D eigenvalue weighted by atomic mass is 10.2. The first-order valence-corrected chi connectivity index (χ1v) is 11.8. The van der Waals surface area contributed by atoms with E-state index < -0.39 is 25.9 Å². The van der Waals surface area contributed by atoms with Crippen LogP contribution in [0.2, 0.25) is 0 Å². The van der Waals surface area contributed by atoms with E-state index in [0.717, 1.165) is 0 Å². The summed E-state index contributed by atoms with van der Waals surface area (Å²) in [5, 5.41) is 9.48. The third kappa shape index (κ3) is 4.24. The van der Waals surface area contributed by atoms with E-state index in [9.17, 15) is 26.7 Å². The molecule has 0 spiro atoms. The second-order valence-corrected chi connectivity index (χ2v) is 10.6. The molecular formula is C21H19F3O4S2. The van der Waals surface area contributed by atoms with Gasteiger partial charge in [-0.15, -0.1) is 0 Å². The molecule has 0 fully saturated rings. The van der Waals surface area contributed by atoms with Crippen molar-refractivity contribution in [1.82, 2.24) is 0 Å². The predicted molar refractivity (Wildman–Crippen MR) is 109 cm³/mol. The molecule has 0 heterocycles. The van der Waals surface area contributed by atoms with E-state index in [1.165, 1.54) is 0 Å². The third-order valence-corrected chi connectivity index (χ3v) is 9.28. The zero-order valence-electron chi connectivity index (χ0n) is 15.6. The average molecular weight is 457 g/mol. The van der Waals surface area contributed by atoms with Gasteiger partial charge in [-0.1, -0.05) is 54.6 Å². The Kier molecular flexibility index (Phi) is 6.56. The van der Waals surface area contributed by atoms with E-state index >= 15 is 0 Å². The Hall–Kier alpha value is -2.33. The lowest BCUT2D eigenvalue weighted by Gasteiger charge is -2.40. The van der Waals surface area contributed by atoms with Crippen molar-refractivity contribution >= 4 is 20.4 Å². The number of hydrogen-bond acceptors (Lipinski definition) is 4. The Morgan fingerprint density at radius 1 is 0.767 bits per heavy atom. The van der Waals surface area contributed by atoms with Gasteiger partial charge in [0.25, 0.3) is 0 Å². The summed E-state index contributed by atoms with van der Waals surface area (Å²) in [5.74, 6) is 0. The molecule has 0 saturated carbocycles. The molecule has 1 N–H and O–H groups in total. The van der Waals surface area contributed by atoms with E-state index in [-0.39, 0.29) is 27.7 Å². The molecular weight excluding hydrogens is 437 g/mol. The monoisotopic (exact) mass is 456 g/mol. The molecule has 3 aromatic rings. The SMILES string of the molecule is O=S(=O)(OS(c1ccccc1)(c1ccccc1)c1ccccc1CCO)C(F)(F)F. The summed E-state index contributed by atoms with van der Waals surface area (Å²) >= 11 is 0. The molecule has 3 rings (SSSR count). The maximum Gasteiger partial charge on any atom is 0.524 e. The molecule has 30 heavy (non-hydrogen) atoms. The number of hydrogen-bond donors (Lipinski definition) is 1. The number of rotatable bonds is 7. The maximum atomic E-state index is 13.4. The molecule has 0 atom stereocenters. The van der Waals surface area contributed by atoms with Crippen LogP contribution in [-0.4, -0.2) is 25.6 Å². The minimum Gasteiger partial charge on any atom is -0.396 e. The summed E-state index contributed by atoms with van der Waals surface area (Å²) in [7, 11) is -9.30. The first-order valence-electron chi connectivity index (χ1n) is 8.87. The second-order valence-electron chi connectivity index (χ2n) is 6.23. The Morgan fingerprint density at radius 3 is 1.70 bits per heavy atom. The van der Waals surface area contributed by atoms with Crippen LogP contribution in [0.15, 0.2) is 99.6 Å². The largest absolute Gasteiger partial charge is 0.524 e. The van der Waals surface area contributed by atoms with Gasteiger partial charge in [0.05, 0.1) is 0 Å². The smallest absolute Gasteiger partial charge is 0.396 e. The lowest BCUT2D eigenvalue weighted by molar-refractivity contribution is -0.0496. The summed E-state index contributed by atoms with van der Waals surface area (Å²) in [5.41, 5.74) is -5.10. The van der Waals surface area contributed by atoms with Gasteiger partial charge in [-0.3, -0.25) is 0 Å². The molecule has 0 radical (unpaired) electrons. The van der Waals surface area contributed by atoms with Gasteiger partial charge in [0.15, 0.2) is 0 Å². The zero-order chi connectivity index (χ0) is 21.8. The normalized spacial score (nSPS) is 13.2. The van der Waals surface area contributed by atoms with Crippen molar-refractivity contribution in [3.63, 3.8) is 0 Å². The first kappa shape index (κ1) is 22.4. The Balaban J connectivity index is 2.43. The Morgan fingerprint density at radius 2 is 1.23 bits per heavy atom. The molecule has 0 bridgehead atoms.